The van der Waals surface area contributed by atoms with E-state index in [2.05, 4.69) is 5.32 Å². The summed E-state index contributed by atoms with van der Waals surface area (Å²) in [6, 6.07) is 1.12. The summed E-state index contributed by atoms with van der Waals surface area (Å²) in [5, 5.41) is 11.2. The van der Waals surface area contributed by atoms with Crippen molar-refractivity contribution >= 4 is 17.8 Å². The monoisotopic (exact) mass is 254 g/mol. The molecule has 1 aromatic heterocycles. The second-order valence-corrected chi connectivity index (χ2v) is 3.62. The Kier molecular flexibility index (Phi) is 4.47. The van der Waals surface area contributed by atoms with Crippen LogP contribution in [-0.4, -0.2) is 47.9 Å². The summed E-state index contributed by atoms with van der Waals surface area (Å²) in [6.45, 7) is 2.13. The summed E-state index contributed by atoms with van der Waals surface area (Å²) in [6.07, 6.45) is 0.982. The normalized spacial score (nSPS) is 9.89. The van der Waals surface area contributed by atoms with Crippen LogP contribution in [0.2, 0.25) is 0 Å². The molecule has 2 N–H and O–H groups in total. The highest BCUT2D eigenvalue weighted by atomic mass is 16.4. The van der Waals surface area contributed by atoms with Crippen LogP contribution in [0.25, 0.3) is 0 Å². The molecule has 0 aliphatic rings. The molecule has 0 saturated carbocycles. The SMILES string of the molecule is CCNC(=O)CN(C)C(=O)c1cc(C(=O)O)co1. The molecule has 18 heavy (non-hydrogen) atoms. The fourth-order valence-corrected chi connectivity index (χ4v) is 1.29. The molecule has 0 spiro atoms. The van der Waals surface area contributed by atoms with Crippen molar-refractivity contribution < 1.29 is 23.9 Å². The summed E-state index contributed by atoms with van der Waals surface area (Å²) in [4.78, 5) is 34.8. The highest BCUT2D eigenvalue weighted by Crippen LogP contribution is 2.09. The van der Waals surface area contributed by atoms with Crippen LogP contribution in [-0.2, 0) is 4.79 Å². The van der Waals surface area contributed by atoms with E-state index in [4.69, 9.17) is 9.52 Å². The number of rotatable bonds is 5. The number of carbonyl (C=O) groups excluding carboxylic acids is 2. The van der Waals surface area contributed by atoms with Crippen LogP contribution in [0.4, 0.5) is 0 Å². The van der Waals surface area contributed by atoms with Crippen LogP contribution in [0, 0.1) is 0 Å². The molecule has 0 atom stereocenters. The fraction of sp³-hybridized carbons (Fsp3) is 0.364. The lowest BCUT2D eigenvalue weighted by atomic mass is 10.3. The van der Waals surface area contributed by atoms with E-state index in [1.807, 2.05) is 0 Å². The Morgan fingerprint density at radius 3 is 2.61 bits per heavy atom. The van der Waals surface area contributed by atoms with E-state index in [0.29, 0.717) is 6.54 Å². The number of hydrogen-bond acceptors (Lipinski definition) is 4. The van der Waals surface area contributed by atoms with Crippen molar-refractivity contribution in [3.63, 3.8) is 0 Å². The van der Waals surface area contributed by atoms with E-state index in [9.17, 15) is 14.4 Å². The number of carbonyl (C=O) groups is 3. The predicted octanol–water partition coefficient (Wildman–Crippen LogP) is 0.186. The summed E-state index contributed by atoms with van der Waals surface area (Å²) < 4.78 is 4.85. The average Bonchev–Trinajstić information content (AvgIpc) is 2.77. The first-order valence-electron chi connectivity index (χ1n) is 5.29. The average molecular weight is 254 g/mol. The zero-order valence-corrected chi connectivity index (χ0v) is 10.1. The van der Waals surface area contributed by atoms with Gasteiger partial charge in [-0.2, -0.15) is 0 Å². The molecule has 98 valence electrons. The van der Waals surface area contributed by atoms with Crippen LogP contribution in [0.1, 0.15) is 27.8 Å². The molecule has 0 fully saturated rings. The molecule has 0 aliphatic heterocycles. The maximum atomic E-state index is 11.8. The molecular weight excluding hydrogens is 240 g/mol. The largest absolute Gasteiger partial charge is 0.478 e. The minimum atomic E-state index is -1.18. The first-order valence-corrected chi connectivity index (χ1v) is 5.29. The zero-order chi connectivity index (χ0) is 13.7. The maximum absolute atomic E-state index is 11.8. The van der Waals surface area contributed by atoms with E-state index in [0.717, 1.165) is 17.2 Å². The molecule has 1 rings (SSSR count). The van der Waals surface area contributed by atoms with Crippen molar-refractivity contribution in [1.29, 1.82) is 0 Å². The van der Waals surface area contributed by atoms with Gasteiger partial charge in [0.15, 0.2) is 5.76 Å². The molecular formula is C11H14N2O5. The molecule has 0 bridgehead atoms. The molecule has 0 radical (unpaired) electrons. The van der Waals surface area contributed by atoms with Crippen LogP contribution >= 0.6 is 0 Å². The standard InChI is InChI=1S/C11H14N2O5/c1-3-12-9(14)5-13(2)10(15)8-4-7(6-18-8)11(16)17/h4,6H,3,5H2,1-2H3,(H,12,14)(H,16,17). The van der Waals surface area contributed by atoms with Crippen molar-refractivity contribution in [2.45, 2.75) is 6.92 Å². The first-order chi connectivity index (χ1) is 8.45. The van der Waals surface area contributed by atoms with Crippen LogP contribution in [0.5, 0.6) is 0 Å². The molecule has 1 heterocycles. The highest BCUT2D eigenvalue weighted by Gasteiger charge is 2.19. The highest BCUT2D eigenvalue weighted by molar-refractivity contribution is 5.96. The topological polar surface area (TPSA) is 99.9 Å². The summed E-state index contributed by atoms with van der Waals surface area (Å²) in [5.74, 6) is -2.13. The van der Waals surface area contributed by atoms with E-state index in [1.165, 1.54) is 7.05 Å². The predicted molar refractivity (Wildman–Crippen MR) is 61.3 cm³/mol. The van der Waals surface area contributed by atoms with Crippen molar-refractivity contribution in [3.05, 3.63) is 23.7 Å². The number of nitrogens with zero attached hydrogens (tertiary/aromatic N) is 1. The van der Waals surface area contributed by atoms with Gasteiger partial charge in [-0.05, 0) is 6.92 Å². The van der Waals surface area contributed by atoms with Gasteiger partial charge in [0.05, 0.1) is 12.1 Å². The van der Waals surface area contributed by atoms with E-state index in [1.54, 1.807) is 6.92 Å². The Balaban J connectivity index is 2.68. The molecule has 2 amide bonds. The lowest BCUT2D eigenvalue weighted by Gasteiger charge is -2.14. The second kappa shape index (κ2) is 5.85. The van der Waals surface area contributed by atoms with Gasteiger partial charge in [-0.15, -0.1) is 0 Å². The Bertz CT molecular complexity index is 466. The van der Waals surface area contributed by atoms with Crippen molar-refractivity contribution in [2.24, 2.45) is 0 Å². The number of carboxylic acids is 1. The molecule has 0 aromatic carbocycles. The molecule has 7 heteroatoms. The molecule has 1 aromatic rings. The van der Waals surface area contributed by atoms with Crippen molar-refractivity contribution in [1.82, 2.24) is 10.2 Å². The minimum absolute atomic E-state index is 0.107. The first kappa shape index (κ1) is 13.8. The third-order valence-corrected chi connectivity index (χ3v) is 2.16. The Hall–Kier alpha value is -2.31. The molecule has 7 nitrogen and oxygen atoms in total. The van der Waals surface area contributed by atoms with Crippen LogP contribution in [0.3, 0.4) is 0 Å². The Morgan fingerprint density at radius 1 is 1.44 bits per heavy atom. The summed E-state index contributed by atoms with van der Waals surface area (Å²) >= 11 is 0. The fourth-order valence-electron chi connectivity index (χ4n) is 1.29. The van der Waals surface area contributed by atoms with Crippen LogP contribution < -0.4 is 5.32 Å². The number of furan rings is 1. The Morgan fingerprint density at radius 2 is 2.11 bits per heavy atom. The van der Waals surface area contributed by atoms with Gasteiger partial charge in [0, 0.05) is 19.7 Å². The number of aromatic carboxylic acids is 1. The maximum Gasteiger partial charge on any atom is 0.338 e. The summed E-state index contributed by atoms with van der Waals surface area (Å²) in [7, 11) is 1.43. The van der Waals surface area contributed by atoms with Gasteiger partial charge in [0.1, 0.15) is 6.26 Å². The third kappa shape index (κ3) is 3.34. The van der Waals surface area contributed by atoms with Gasteiger partial charge in [-0.25, -0.2) is 4.79 Å². The van der Waals surface area contributed by atoms with E-state index < -0.39 is 11.9 Å². The number of likely N-dealkylation sites (N-methyl/N-ethyl adjacent to an activating group) is 2. The van der Waals surface area contributed by atoms with Gasteiger partial charge in [0.2, 0.25) is 5.91 Å². The lowest BCUT2D eigenvalue weighted by Crippen LogP contribution is -2.38. The number of carboxylic acid groups (broad SMARTS) is 1. The molecule has 0 aliphatic carbocycles. The number of nitrogens with one attached hydrogen (secondary N) is 1. The third-order valence-electron chi connectivity index (χ3n) is 2.16. The van der Waals surface area contributed by atoms with Gasteiger partial charge < -0.3 is 19.7 Å². The lowest BCUT2D eigenvalue weighted by molar-refractivity contribution is -0.121. The van der Waals surface area contributed by atoms with Gasteiger partial charge in [0.25, 0.3) is 5.91 Å². The Labute approximate surface area is 103 Å². The van der Waals surface area contributed by atoms with Crippen LogP contribution in [0.15, 0.2) is 16.7 Å². The quantitative estimate of drug-likeness (QED) is 0.781. The molecule has 0 saturated heterocycles. The molecule has 0 unspecified atom stereocenters. The van der Waals surface area contributed by atoms with Gasteiger partial charge in [-0.3, -0.25) is 9.59 Å². The van der Waals surface area contributed by atoms with Gasteiger partial charge >= 0.3 is 5.97 Å². The van der Waals surface area contributed by atoms with Gasteiger partial charge in [-0.1, -0.05) is 0 Å². The second-order valence-electron chi connectivity index (χ2n) is 3.62. The van der Waals surface area contributed by atoms with E-state index >= 15 is 0 Å². The van der Waals surface area contributed by atoms with Crippen molar-refractivity contribution in [2.75, 3.05) is 20.1 Å². The van der Waals surface area contributed by atoms with E-state index in [-0.39, 0.29) is 23.8 Å². The smallest absolute Gasteiger partial charge is 0.338 e. The number of amides is 2. The zero-order valence-electron chi connectivity index (χ0n) is 10.1. The van der Waals surface area contributed by atoms with Crippen molar-refractivity contribution in [3.8, 4) is 0 Å². The number of hydrogen-bond donors (Lipinski definition) is 2. The summed E-state index contributed by atoms with van der Waals surface area (Å²) in [5.41, 5.74) is -0.107. The minimum Gasteiger partial charge on any atom is -0.478 e.